The van der Waals surface area contributed by atoms with Crippen LogP contribution in [0.1, 0.15) is 26.2 Å². The number of aliphatic hydroxyl groups excluding tert-OH is 1. The number of ether oxygens (including phenoxy) is 1. The molecule has 1 atom stereocenters. The van der Waals surface area contributed by atoms with E-state index in [2.05, 4.69) is 0 Å². The van der Waals surface area contributed by atoms with E-state index in [0.29, 0.717) is 26.2 Å². The van der Waals surface area contributed by atoms with Gasteiger partial charge in [-0.05, 0) is 19.8 Å². The van der Waals surface area contributed by atoms with Crippen LogP contribution in [0, 0.1) is 0 Å². The fraction of sp³-hybridized carbons (Fsp3) is 0.833. The SMILES string of the molecule is CCOC(=O)N1CCC(N2CC(O)CC2=O)CC1. The molecule has 0 bridgehead atoms. The Kier molecular flexibility index (Phi) is 4.06. The number of carbonyl (C=O) groups excluding carboxylic acids is 2. The zero-order valence-corrected chi connectivity index (χ0v) is 10.7. The number of nitrogens with zero attached hydrogens (tertiary/aromatic N) is 2. The van der Waals surface area contributed by atoms with Crippen LogP contribution < -0.4 is 0 Å². The van der Waals surface area contributed by atoms with E-state index in [1.807, 2.05) is 0 Å². The highest BCUT2D eigenvalue weighted by Crippen LogP contribution is 2.22. The number of rotatable bonds is 2. The van der Waals surface area contributed by atoms with Gasteiger partial charge in [0.05, 0.1) is 19.1 Å². The molecule has 0 aromatic rings. The molecule has 0 spiro atoms. The zero-order valence-electron chi connectivity index (χ0n) is 10.7. The molecule has 0 saturated carbocycles. The molecule has 102 valence electrons. The van der Waals surface area contributed by atoms with Gasteiger partial charge in [-0.25, -0.2) is 4.79 Å². The number of likely N-dealkylation sites (tertiary alicyclic amines) is 2. The summed E-state index contributed by atoms with van der Waals surface area (Å²) in [6.45, 7) is 3.83. The van der Waals surface area contributed by atoms with Gasteiger partial charge in [0, 0.05) is 25.7 Å². The molecule has 2 fully saturated rings. The first-order valence-electron chi connectivity index (χ1n) is 6.51. The summed E-state index contributed by atoms with van der Waals surface area (Å²) >= 11 is 0. The van der Waals surface area contributed by atoms with Crippen LogP contribution in [0.25, 0.3) is 0 Å². The first-order valence-corrected chi connectivity index (χ1v) is 6.51. The predicted molar refractivity (Wildman–Crippen MR) is 64.0 cm³/mol. The molecule has 6 heteroatoms. The average molecular weight is 256 g/mol. The molecule has 2 saturated heterocycles. The third-order valence-corrected chi connectivity index (χ3v) is 3.57. The summed E-state index contributed by atoms with van der Waals surface area (Å²) in [6, 6.07) is 0.153. The second-order valence-electron chi connectivity index (χ2n) is 4.82. The summed E-state index contributed by atoms with van der Waals surface area (Å²) in [7, 11) is 0. The van der Waals surface area contributed by atoms with Gasteiger partial charge in [-0.15, -0.1) is 0 Å². The van der Waals surface area contributed by atoms with E-state index in [1.165, 1.54) is 0 Å². The topological polar surface area (TPSA) is 70.1 Å². The van der Waals surface area contributed by atoms with E-state index in [-0.39, 0.29) is 24.5 Å². The number of hydrogen-bond acceptors (Lipinski definition) is 4. The number of amides is 2. The van der Waals surface area contributed by atoms with Gasteiger partial charge >= 0.3 is 6.09 Å². The van der Waals surface area contributed by atoms with Crippen molar-refractivity contribution in [3.8, 4) is 0 Å². The third-order valence-electron chi connectivity index (χ3n) is 3.57. The minimum Gasteiger partial charge on any atom is -0.450 e. The first-order chi connectivity index (χ1) is 8.61. The van der Waals surface area contributed by atoms with Gasteiger partial charge in [-0.2, -0.15) is 0 Å². The first kappa shape index (κ1) is 13.1. The number of carbonyl (C=O) groups is 2. The van der Waals surface area contributed by atoms with Crippen molar-refractivity contribution in [2.24, 2.45) is 0 Å². The lowest BCUT2D eigenvalue weighted by Crippen LogP contribution is -2.47. The number of aliphatic hydroxyl groups is 1. The van der Waals surface area contributed by atoms with Crippen LogP contribution in [-0.4, -0.2) is 65.3 Å². The lowest BCUT2D eigenvalue weighted by atomic mass is 10.0. The maximum Gasteiger partial charge on any atom is 0.409 e. The Morgan fingerprint density at radius 2 is 2.11 bits per heavy atom. The molecular weight excluding hydrogens is 236 g/mol. The Bertz CT molecular complexity index is 326. The van der Waals surface area contributed by atoms with Crippen LogP contribution in [0.4, 0.5) is 4.79 Å². The molecule has 0 aromatic heterocycles. The highest BCUT2D eigenvalue weighted by Gasteiger charge is 2.35. The van der Waals surface area contributed by atoms with Crippen molar-refractivity contribution in [2.75, 3.05) is 26.2 Å². The fourth-order valence-electron chi connectivity index (χ4n) is 2.64. The molecule has 1 unspecified atom stereocenters. The second kappa shape index (κ2) is 5.56. The quantitative estimate of drug-likeness (QED) is 0.766. The molecule has 2 heterocycles. The van der Waals surface area contributed by atoms with Crippen molar-refractivity contribution in [3.63, 3.8) is 0 Å². The Labute approximate surface area is 106 Å². The second-order valence-corrected chi connectivity index (χ2v) is 4.82. The van der Waals surface area contributed by atoms with Crippen LogP contribution in [-0.2, 0) is 9.53 Å². The maximum atomic E-state index is 11.7. The standard InChI is InChI=1S/C12H20N2O4/c1-2-18-12(17)13-5-3-9(4-6-13)14-8-10(15)7-11(14)16/h9-10,15H,2-8H2,1H3. The van der Waals surface area contributed by atoms with Crippen molar-refractivity contribution in [3.05, 3.63) is 0 Å². The summed E-state index contributed by atoms with van der Waals surface area (Å²) in [4.78, 5) is 26.6. The van der Waals surface area contributed by atoms with Crippen LogP contribution in [0.3, 0.4) is 0 Å². The zero-order chi connectivity index (χ0) is 13.1. The van der Waals surface area contributed by atoms with Crippen LogP contribution in [0.5, 0.6) is 0 Å². The van der Waals surface area contributed by atoms with Gasteiger partial charge in [0.15, 0.2) is 0 Å². The molecular formula is C12H20N2O4. The van der Waals surface area contributed by atoms with Gasteiger partial charge in [-0.3, -0.25) is 4.79 Å². The summed E-state index contributed by atoms with van der Waals surface area (Å²) < 4.78 is 4.95. The predicted octanol–water partition coefficient (Wildman–Crippen LogP) is 0.200. The normalized spacial score (nSPS) is 25.7. The number of β-amino-alcohol motifs (C(OH)–C–C–N with tert-alkyl or cyclic N) is 1. The van der Waals surface area contributed by atoms with Crippen molar-refractivity contribution >= 4 is 12.0 Å². The number of piperidine rings is 1. The maximum absolute atomic E-state index is 11.7. The van der Waals surface area contributed by atoms with Crippen molar-refractivity contribution in [1.82, 2.24) is 9.80 Å². The Hall–Kier alpha value is -1.30. The lowest BCUT2D eigenvalue weighted by Gasteiger charge is -2.36. The molecule has 2 aliphatic rings. The largest absolute Gasteiger partial charge is 0.450 e. The molecule has 2 aliphatic heterocycles. The summed E-state index contributed by atoms with van der Waals surface area (Å²) in [5.74, 6) is 0.0251. The molecule has 18 heavy (non-hydrogen) atoms. The Morgan fingerprint density at radius 1 is 1.44 bits per heavy atom. The number of hydrogen-bond donors (Lipinski definition) is 1. The highest BCUT2D eigenvalue weighted by atomic mass is 16.6. The highest BCUT2D eigenvalue weighted by molar-refractivity contribution is 5.79. The molecule has 2 rings (SSSR count). The van der Waals surface area contributed by atoms with Gasteiger partial charge in [-0.1, -0.05) is 0 Å². The lowest BCUT2D eigenvalue weighted by molar-refractivity contribution is -0.130. The molecule has 0 aliphatic carbocycles. The monoisotopic (exact) mass is 256 g/mol. The van der Waals surface area contributed by atoms with Crippen molar-refractivity contribution in [2.45, 2.75) is 38.3 Å². The Balaban J connectivity index is 1.83. The molecule has 0 radical (unpaired) electrons. The van der Waals surface area contributed by atoms with Crippen molar-refractivity contribution in [1.29, 1.82) is 0 Å². The summed E-state index contributed by atoms with van der Waals surface area (Å²) in [6.07, 6.45) is 0.955. The fourth-order valence-corrected chi connectivity index (χ4v) is 2.64. The third kappa shape index (κ3) is 2.75. The van der Waals surface area contributed by atoms with E-state index in [4.69, 9.17) is 4.74 Å². The minimum atomic E-state index is -0.527. The molecule has 2 amide bonds. The van der Waals surface area contributed by atoms with Gasteiger partial charge in [0.1, 0.15) is 0 Å². The smallest absolute Gasteiger partial charge is 0.409 e. The van der Waals surface area contributed by atoms with Crippen molar-refractivity contribution < 1.29 is 19.4 Å². The van der Waals surface area contributed by atoms with Crippen LogP contribution >= 0.6 is 0 Å². The van der Waals surface area contributed by atoms with Gasteiger partial charge < -0.3 is 19.6 Å². The molecule has 0 aromatic carbocycles. The average Bonchev–Trinajstić information content (AvgIpc) is 2.69. The van der Waals surface area contributed by atoms with Crippen LogP contribution in [0.15, 0.2) is 0 Å². The molecule has 6 nitrogen and oxygen atoms in total. The van der Waals surface area contributed by atoms with E-state index >= 15 is 0 Å². The van der Waals surface area contributed by atoms with E-state index in [9.17, 15) is 14.7 Å². The van der Waals surface area contributed by atoms with Crippen LogP contribution in [0.2, 0.25) is 0 Å². The Morgan fingerprint density at radius 3 is 2.61 bits per heavy atom. The molecule has 1 N–H and O–H groups in total. The summed E-state index contributed by atoms with van der Waals surface area (Å²) in [5, 5.41) is 9.46. The van der Waals surface area contributed by atoms with E-state index in [0.717, 1.165) is 12.8 Å². The summed E-state index contributed by atoms with van der Waals surface area (Å²) in [5.41, 5.74) is 0. The van der Waals surface area contributed by atoms with E-state index < -0.39 is 6.10 Å². The van der Waals surface area contributed by atoms with Gasteiger partial charge in [0.25, 0.3) is 0 Å². The van der Waals surface area contributed by atoms with E-state index in [1.54, 1.807) is 16.7 Å². The minimum absolute atomic E-state index is 0.0251. The van der Waals surface area contributed by atoms with Gasteiger partial charge in [0.2, 0.25) is 5.91 Å².